The van der Waals surface area contributed by atoms with E-state index in [9.17, 15) is 4.79 Å². The van der Waals surface area contributed by atoms with Gasteiger partial charge in [-0.15, -0.1) is 22.7 Å². The van der Waals surface area contributed by atoms with Crippen LogP contribution in [0, 0.1) is 0 Å². The van der Waals surface area contributed by atoms with Gasteiger partial charge in [0, 0.05) is 16.3 Å². The van der Waals surface area contributed by atoms with Crippen molar-refractivity contribution in [3.05, 3.63) is 64.1 Å². The Morgan fingerprint density at radius 3 is 3.00 bits per heavy atom. The molecule has 0 saturated heterocycles. The van der Waals surface area contributed by atoms with Crippen molar-refractivity contribution in [2.45, 2.75) is 6.54 Å². The monoisotopic (exact) mass is 356 g/mol. The number of carbonyl (C=O) groups is 1. The number of nitrogens with one attached hydrogen (secondary N) is 1. The topological polar surface area (TPSA) is 73.0 Å². The van der Waals surface area contributed by atoms with Gasteiger partial charge in [-0.25, -0.2) is 9.67 Å². The Balaban J connectivity index is 1.50. The number of nitrogens with zero attached hydrogens (tertiary/aromatic N) is 3. The summed E-state index contributed by atoms with van der Waals surface area (Å²) in [5, 5.41) is 11.5. The van der Waals surface area contributed by atoms with Crippen molar-refractivity contribution in [1.82, 2.24) is 14.8 Å². The molecule has 0 radical (unpaired) electrons. The second-order valence-corrected chi connectivity index (χ2v) is 6.81. The van der Waals surface area contributed by atoms with Gasteiger partial charge in [-0.05, 0) is 23.6 Å². The fourth-order valence-electron chi connectivity index (χ4n) is 2.19. The smallest absolute Gasteiger partial charge is 0.276 e. The SMILES string of the molecule is O=C(Nc1ccnn1Cc1cccs1)c1csc(-c2ccco2)n1. The molecule has 0 aliphatic carbocycles. The van der Waals surface area contributed by atoms with Gasteiger partial charge in [0.15, 0.2) is 10.8 Å². The number of hydrogen-bond acceptors (Lipinski definition) is 6. The van der Waals surface area contributed by atoms with Crippen LogP contribution in [-0.4, -0.2) is 20.7 Å². The van der Waals surface area contributed by atoms with Crippen molar-refractivity contribution in [3.8, 4) is 10.8 Å². The first-order valence-corrected chi connectivity index (χ1v) is 8.90. The van der Waals surface area contributed by atoms with Gasteiger partial charge in [-0.1, -0.05) is 6.07 Å². The molecule has 4 rings (SSSR count). The molecular weight excluding hydrogens is 344 g/mol. The van der Waals surface area contributed by atoms with Crippen molar-refractivity contribution in [3.63, 3.8) is 0 Å². The maximum Gasteiger partial charge on any atom is 0.276 e. The second-order valence-electron chi connectivity index (χ2n) is 4.92. The van der Waals surface area contributed by atoms with Gasteiger partial charge in [-0.3, -0.25) is 4.79 Å². The Kier molecular flexibility index (Phi) is 3.97. The molecule has 4 aromatic heterocycles. The molecule has 0 spiro atoms. The predicted octanol–water partition coefficient (Wildman–Crippen LogP) is 3.96. The second kappa shape index (κ2) is 6.42. The number of amides is 1. The van der Waals surface area contributed by atoms with Crippen LogP contribution in [0.4, 0.5) is 5.82 Å². The molecule has 0 saturated carbocycles. The normalized spacial score (nSPS) is 10.8. The highest BCUT2D eigenvalue weighted by Crippen LogP contribution is 2.24. The lowest BCUT2D eigenvalue weighted by Gasteiger charge is -2.06. The molecule has 6 nitrogen and oxygen atoms in total. The standard InChI is InChI=1S/C16H12N4O2S2/c21-15(12-10-24-16(18-12)13-4-1-7-22-13)19-14-5-6-17-20(14)9-11-3-2-8-23-11/h1-8,10H,9H2,(H,19,21). The lowest BCUT2D eigenvalue weighted by Crippen LogP contribution is -2.16. The summed E-state index contributed by atoms with van der Waals surface area (Å²) >= 11 is 3.02. The van der Waals surface area contributed by atoms with Crippen LogP contribution in [-0.2, 0) is 6.54 Å². The highest BCUT2D eigenvalue weighted by molar-refractivity contribution is 7.13. The van der Waals surface area contributed by atoms with Crippen LogP contribution >= 0.6 is 22.7 Å². The summed E-state index contributed by atoms with van der Waals surface area (Å²) in [6.45, 7) is 0.620. The highest BCUT2D eigenvalue weighted by atomic mass is 32.1. The third-order valence-corrected chi connectivity index (χ3v) is 5.03. The van der Waals surface area contributed by atoms with Crippen molar-refractivity contribution in [2.75, 3.05) is 5.32 Å². The molecule has 0 fully saturated rings. The number of thiophene rings is 1. The Hall–Kier alpha value is -2.71. The number of rotatable bonds is 5. The van der Waals surface area contributed by atoms with Gasteiger partial charge in [0.05, 0.1) is 19.0 Å². The van der Waals surface area contributed by atoms with E-state index in [1.54, 1.807) is 46.0 Å². The largest absolute Gasteiger partial charge is 0.462 e. The molecule has 4 aromatic rings. The van der Waals surface area contributed by atoms with E-state index in [0.717, 1.165) is 0 Å². The lowest BCUT2D eigenvalue weighted by molar-refractivity contribution is 0.102. The van der Waals surface area contributed by atoms with Crippen molar-refractivity contribution in [2.24, 2.45) is 0 Å². The van der Waals surface area contributed by atoms with E-state index in [0.29, 0.717) is 28.8 Å². The summed E-state index contributed by atoms with van der Waals surface area (Å²) in [5.41, 5.74) is 0.357. The van der Waals surface area contributed by atoms with Gasteiger partial charge >= 0.3 is 0 Å². The fraction of sp³-hybridized carbons (Fsp3) is 0.0625. The minimum absolute atomic E-state index is 0.267. The number of furan rings is 1. The third kappa shape index (κ3) is 3.01. The first-order chi connectivity index (χ1) is 11.8. The number of hydrogen-bond donors (Lipinski definition) is 1. The van der Waals surface area contributed by atoms with Crippen LogP contribution in [0.1, 0.15) is 15.4 Å². The van der Waals surface area contributed by atoms with E-state index >= 15 is 0 Å². The van der Waals surface area contributed by atoms with Crippen LogP contribution < -0.4 is 5.32 Å². The molecule has 0 atom stereocenters. The summed E-state index contributed by atoms with van der Waals surface area (Å²) in [7, 11) is 0. The molecule has 0 bridgehead atoms. The van der Waals surface area contributed by atoms with Gasteiger partial charge < -0.3 is 9.73 Å². The van der Waals surface area contributed by atoms with Crippen LogP contribution in [0.2, 0.25) is 0 Å². The van der Waals surface area contributed by atoms with Gasteiger partial charge in [0.2, 0.25) is 0 Å². The summed E-state index contributed by atoms with van der Waals surface area (Å²) in [6, 6.07) is 9.41. The average molecular weight is 356 g/mol. The number of thiazole rings is 1. The summed E-state index contributed by atoms with van der Waals surface area (Å²) in [4.78, 5) is 17.9. The van der Waals surface area contributed by atoms with E-state index in [-0.39, 0.29) is 5.91 Å². The summed E-state index contributed by atoms with van der Waals surface area (Å²) < 4.78 is 7.05. The zero-order chi connectivity index (χ0) is 16.4. The van der Waals surface area contributed by atoms with E-state index in [1.165, 1.54) is 16.2 Å². The summed E-state index contributed by atoms with van der Waals surface area (Å²) in [5.74, 6) is 1.03. The Labute approximate surface area is 145 Å². The van der Waals surface area contributed by atoms with Gasteiger partial charge in [0.1, 0.15) is 11.5 Å². The van der Waals surface area contributed by atoms with Gasteiger partial charge in [-0.2, -0.15) is 5.10 Å². The number of aromatic nitrogens is 3. The zero-order valence-electron chi connectivity index (χ0n) is 12.4. The lowest BCUT2D eigenvalue weighted by atomic mass is 10.4. The maximum atomic E-state index is 12.4. The molecule has 1 amide bonds. The molecule has 0 aliphatic rings. The van der Waals surface area contributed by atoms with Crippen molar-refractivity contribution in [1.29, 1.82) is 0 Å². The minimum Gasteiger partial charge on any atom is -0.462 e. The highest BCUT2D eigenvalue weighted by Gasteiger charge is 2.15. The molecule has 4 heterocycles. The predicted molar refractivity (Wildman–Crippen MR) is 93.4 cm³/mol. The van der Waals surface area contributed by atoms with Crippen molar-refractivity contribution >= 4 is 34.4 Å². The molecule has 24 heavy (non-hydrogen) atoms. The summed E-state index contributed by atoms with van der Waals surface area (Å²) in [6.07, 6.45) is 3.25. The van der Waals surface area contributed by atoms with Crippen LogP contribution in [0.3, 0.4) is 0 Å². The Morgan fingerprint density at radius 2 is 2.21 bits per heavy atom. The van der Waals surface area contributed by atoms with Crippen molar-refractivity contribution < 1.29 is 9.21 Å². The molecule has 1 N–H and O–H groups in total. The van der Waals surface area contributed by atoms with E-state index in [2.05, 4.69) is 15.4 Å². The molecule has 0 aromatic carbocycles. The van der Waals surface area contributed by atoms with Crippen LogP contribution in [0.15, 0.2) is 58.0 Å². The van der Waals surface area contributed by atoms with E-state index in [4.69, 9.17) is 4.42 Å². The van der Waals surface area contributed by atoms with Crippen LogP contribution in [0.5, 0.6) is 0 Å². The Bertz CT molecular complexity index is 939. The molecule has 8 heteroatoms. The number of anilines is 1. The molecular formula is C16H12N4O2S2. The van der Waals surface area contributed by atoms with Crippen LogP contribution in [0.25, 0.3) is 10.8 Å². The minimum atomic E-state index is -0.267. The Morgan fingerprint density at radius 1 is 1.25 bits per heavy atom. The first-order valence-electron chi connectivity index (χ1n) is 7.14. The first kappa shape index (κ1) is 14.9. The van der Waals surface area contributed by atoms with E-state index in [1.807, 2.05) is 23.6 Å². The number of carbonyl (C=O) groups excluding carboxylic acids is 1. The maximum absolute atomic E-state index is 12.4. The quantitative estimate of drug-likeness (QED) is 0.587. The molecule has 0 aliphatic heterocycles. The fourth-order valence-corrected chi connectivity index (χ4v) is 3.64. The van der Waals surface area contributed by atoms with Gasteiger partial charge in [0.25, 0.3) is 5.91 Å². The zero-order valence-corrected chi connectivity index (χ0v) is 14.0. The average Bonchev–Trinajstić information content (AvgIpc) is 3.37. The third-order valence-electron chi connectivity index (χ3n) is 3.31. The molecule has 120 valence electrons. The van der Waals surface area contributed by atoms with E-state index < -0.39 is 0 Å². The molecule has 0 unspecified atom stereocenters.